The molecule has 0 radical (unpaired) electrons. The number of aromatic nitrogens is 1. The Hall–Kier alpha value is -2.90. The van der Waals surface area contributed by atoms with Crippen LogP contribution in [0.5, 0.6) is 0 Å². The third kappa shape index (κ3) is 4.04. The molecular weight excluding hydrogens is 458 g/mol. The highest BCUT2D eigenvalue weighted by Gasteiger charge is 2.54. The lowest BCUT2D eigenvalue weighted by atomic mass is 10.0. The highest BCUT2D eigenvalue weighted by atomic mass is 35.5. The van der Waals surface area contributed by atoms with E-state index in [0.29, 0.717) is 17.7 Å². The molecule has 0 bridgehead atoms. The third-order valence-corrected chi connectivity index (χ3v) is 6.28. The van der Waals surface area contributed by atoms with Crippen LogP contribution in [0.25, 0.3) is 0 Å². The number of hydrogen-bond donors (Lipinski definition) is 3. The molecule has 0 aromatic carbocycles. The van der Waals surface area contributed by atoms with Gasteiger partial charge in [-0.1, -0.05) is 16.8 Å². The minimum Gasteiger partial charge on any atom is -0.477 e. The van der Waals surface area contributed by atoms with E-state index in [1.807, 2.05) is 0 Å². The van der Waals surface area contributed by atoms with Crippen LogP contribution in [-0.2, 0) is 24.0 Å². The second-order valence-electron chi connectivity index (χ2n) is 5.76. The van der Waals surface area contributed by atoms with Crippen molar-refractivity contribution < 1.29 is 29.1 Å². The van der Waals surface area contributed by atoms with Crippen molar-refractivity contribution in [1.29, 1.82) is 0 Å². The Balaban J connectivity index is 1.79. The Bertz CT molecular complexity index is 991. The van der Waals surface area contributed by atoms with Crippen LogP contribution in [0.1, 0.15) is 5.69 Å². The number of hydrogen-bond acceptors (Lipinski definition) is 9. The van der Waals surface area contributed by atoms with Crippen LogP contribution in [0.4, 0.5) is 5.13 Å². The van der Waals surface area contributed by atoms with Gasteiger partial charge in [0.25, 0.3) is 11.8 Å². The summed E-state index contributed by atoms with van der Waals surface area (Å²) in [7, 11) is 1.24. The predicted octanol–water partition coefficient (Wildman–Crippen LogP) is 0.553. The van der Waals surface area contributed by atoms with Crippen LogP contribution in [0.3, 0.4) is 0 Å². The molecule has 3 rings (SSSR count). The summed E-state index contributed by atoms with van der Waals surface area (Å²) in [4.78, 5) is 57.4. The number of halogens is 1. The number of allylic oxidation sites excluding steroid dienone is 1. The number of carboxylic acid groups (broad SMARTS) is 1. The van der Waals surface area contributed by atoms with E-state index in [-0.39, 0.29) is 22.2 Å². The minimum atomic E-state index is -1.26. The molecule has 2 atom stereocenters. The van der Waals surface area contributed by atoms with Crippen LogP contribution >= 0.6 is 34.7 Å². The lowest BCUT2D eigenvalue weighted by molar-refractivity contribution is -0.150. The summed E-state index contributed by atoms with van der Waals surface area (Å²) >= 11 is 7.92. The normalized spacial score (nSPS) is 21.2. The summed E-state index contributed by atoms with van der Waals surface area (Å²) in [5.41, 5.74) is 1.36. The molecule has 2 aliphatic rings. The van der Waals surface area contributed by atoms with E-state index in [4.69, 9.17) is 16.4 Å². The van der Waals surface area contributed by atoms with Crippen LogP contribution in [0.15, 0.2) is 33.4 Å². The van der Waals surface area contributed by atoms with Crippen LogP contribution in [0.2, 0.25) is 0 Å². The van der Waals surface area contributed by atoms with Gasteiger partial charge in [0.15, 0.2) is 10.8 Å². The SMILES string of the molecule is CON=C(C(=O)NC1C(=O)N2C(C(=O)O)=C(/C=C/Cl)CS[C@@H]12)c1csc(NC=O)n1. The first-order valence-corrected chi connectivity index (χ1v) is 10.5. The van der Waals surface area contributed by atoms with E-state index in [1.165, 1.54) is 35.9 Å². The number of thioether (sulfide) groups is 1. The van der Waals surface area contributed by atoms with Gasteiger partial charge in [0, 0.05) is 16.7 Å². The van der Waals surface area contributed by atoms with Crippen LogP contribution in [-0.4, -0.2) is 69.2 Å². The first-order chi connectivity index (χ1) is 14.4. The van der Waals surface area contributed by atoms with E-state index in [0.717, 1.165) is 16.2 Å². The van der Waals surface area contributed by atoms with E-state index in [1.54, 1.807) is 0 Å². The number of carbonyl (C=O) groups excluding carboxylic acids is 3. The van der Waals surface area contributed by atoms with Gasteiger partial charge in [-0.3, -0.25) is 19.3 Å². The molecule has 2 aliphatic heterocycles. The number of anilines is 1. The van der Waals surface area contributed by atoms with Gasteiger partial charge in [-0.25, -0.2) is 9.78 Å². The number of amides is 3. The molecule has 3 N–H and O–H groups in total. The second kappa shape index (κ2) is 9.28. The van der Waals surface area contributed by atoms with Crippen molar-refractivity contribution in [2.45, 2.75) is 11.4 Å². The van der Waals surface area contributed by atoms with Crippen molar-refractivity contribution in [2.75, 3.05) is 18.2 Å². The molecule has 1 saturated heterocycles. The number of carboxylic acids is 1. The fourth-order valence-electron chi connectivity index (χ4n) is 2.85. The minimum absolute atomic E-state index is 0.143. The number of thiazole rings is 1. The molecule has 1 aromatic heterocycles. The lowest BCUT2D eigenvalue weighted by Gasteiger charge is -2.49. The number of nitrogens with zero attached hydrogens (tertiary/aromatic N) is 3. The summed E-state index contributed by atoms with van der Waals surface area (Å²) in [6.45, 7) is 0. The Morgan fingerprint density at radius 3 is 2.90 bits per heavy atom. The number of aliphatic carboxylic acids is 1. The molecule has 14 heteroatoms. The first kappa shape index (κ1) is 21.8. The van der Waals surface area contributed by atoms with Gasteiger partial charge in [0.1, 0.15) is 29.9 Å². The first-order valence-electron chi connectivity index (χ1n) is 8.18. The van der Waals surface area contributed by atoms with Crippen LogP contribution < -0.4 is 10.6 Å². The zero-order valence-corrected chi connectivity index (χ0v) is 17.6. The van der Waals surface area contributed by atoms with Gasteiger partial charge < -0.3 is 20.6 Å². The maximum atomic E-state index is 12.7. The molecule has 1 fully saturated rings. The smallest absolute Gasteiger partial charge is 0.352 e. The third-order valence-electron chi connectivity index (χ3n) is 4.08. The Labute approximate surface area is 182 Å². The molecule has 1 unspecified atom stereocenters. The summed E-state index contributed by atoms with van der Waals surface area (Å²) in [6, 6.07) is -0.952. The Morgan fingerprint density at radius 2 is 2.27 bits per heavy atom. The highest BCUT2D eigenvalue weighted by Crippen LogP contribution is 2.40. The van der Waals surface area contributed by atoms with Crippen molar-refractivity contribution in [1.82, 2.24) is 15.2 Å². The summed E-state index contributed by atoms with van der Waals surface area (Å²) in [5, 5.41) is 19.2. The molecule has 0 spiro atoms. The number of nitrogens with one attached hydrogen (secondary N) is 2. The molecule has 0 saturated carbocycles. The van der Waals surface area contributed by atoms with Gasteiger partial charge >= 0.3 is 5.97 Å². The number of fused-ring (bicyclic) bond motifs is 1. The average Bonchev–Trinajstić information content (AvgIpc) is 3.18. The fourth-order valence-corrected chi connectivity index (χ4v) is 4.98. The average molecular weight is 472 g/mol. The molecule has 30 heavy (non-hydrogen) atoms. The number of carbonyl (C=O) groups is 4. The Kier molecular flexibility index (Phi) is 6.74. The lowest BCUT2D eigenvalue weighted by Crippen LogP contribution is -2.71. The van der Waals surface area contributed by atoms with E-state index < -0.39 is 29.2 Å². The van der Waals surface area contributed by atoms with Gasteiger partial charge in [-0.15, -0.1) is 23.1 Å². The molecule has 158 valence electrons. The Morgan fingerprint density at radius 1 is 1.50 bits per heavy atom. The largest absolute Gasteiger partial charge is 0.477 e. The van der Waals surface area contributed by atoms with E-state index in [9.17, 15) is 24.3 Å². The van der Waals surface area contributed by atoms with E-state index >= 15 is 0 Å². The highest BCUT2D eigenvalue weighted by molar-refractivity contribution is 8.00. The monoisotopic (exact) mass is 471 g/mol. The fraction of sp³-hybridized carbons (Fsp3) is 0.250. The van der Waals surface area contributed by atoms with Crippen molar-refractivity contribution >= 4 is 69.7 Å². The number of rotatable bonds is 8. The second-order valence-corrected chi connectivity index (χ2v) is 7.97. The molecule has 3 amide bonds. The molecule has 11 nitrogen and oxygen atoms in total. The maximum Gasteiger partial charge on any atom is 0.352 e. The molecule has 3 heterocycles. The predicted molar refractivity (Wildman–Crippen MR) is 110 cm³/mol. The van der Waals surface area contributed by atoms with Crippen molar-refractivity contribution in [3.8, 4) is 0 Å². The quantitative estimate of drug-likeness (QED) is 0.215. The summed E-state index contributed by atoms with van der Waals surface area (Å²) < 4.78 is 0. The van der Waals surface area contributed by atoms with Gasteiger partial charge in [-0.2, -0.15) is 0 Å². The van der Waals surface area contributed by atoms with Crippen molar-refractivity contribution in [3.05, 3.63) is 34.0 Å². The van der Waals surface area contributed by atoms with Crippen molar-refractivity contribution in [3.63, 3.8) is 0 Å². The topological polar surface area (TPSA) is 150 Å². The van der Waals surface area contributed by atoms with E-state index in [2.05, 4.69) is 20.8 Å². The zero-order valence-electron chi connectivity index (χ0n) is 15.2. The summed E-state index contributed by atoms with van der Waals surface area (Å²) in [5.74, 6) is -2.26. The van der Waals surface area contributed by atoms with Gasteiger partial charge in [0.05, 0.1) is 0 Å². The van der Waals surface area contributed by atoms with Crippen LogP contribution in [0, 0.1) is 0 Å². The maximum absolute atomic E-state index is 12.7. The molecular formula is C16H14ClN5O6S2. The standard InChI is InChI=1S/C16H14ClN5O6S2/c1-28-21-9(8-5-30-16(19-8)18-6-23)12(24)20-10-13(25)22-11(15(26)27)7(2-3-17)4-29-14(10)22/h2-3,5-6,10,14H,4H2,1H3,(H,20,24)(H,26,27)(H,18,19,23)/b3-2+,21-9?/t10?,14-/m0/s1. The zero-order chi connectivity index (χ0) is 21.8. The van der Waals surface area contributed by atoms with Gasteiger partial charge in [-0.05, 0) is 11.6 Å². The van der Waals surface area contributed by atoms with Gasteiger partial charge in [0.2, 0.25) is 6.41 Å². The molecule has 1 aromatic rings. The van der Waals surface area contributed by atoms with Crippen molar-refractivity contribution in [2.24, 2.45) is 5.16 Å². The number of oxime groups is 1. The summed E-state index contributed by atoms with van der Waals surface area (Å²) in [6.07, 6.45) is 1.86. The molecule has 0 aliphatic carbocycles. The number of β-lactam (4-membered cyclic amide) rings is 1.